The molecule has 3 rings (SSSR count). The Labute approximate surface area is 155 Å². The molecular formula is C19H30N4O3. The predicted molar refractivity (Wildman–Crippen MR) is 100 cm³/mol. The second kappa shape index (κ2) is 7.82. The van der Waals surface area contributed by atoms with Gasteiger partial charge >= 0.3 is 0 Å². The van der Waals surface area contributed by atoms with E-state index in [9.17, 15) is 4.79 Å². The highest BCUT2D eigenvalue weighted by atomic mass is 16.5. The van der Waals surface area contributed by atoms with Crippen LogP contribution < -0.4 is 31.0 Å². The molecule has 0 saturated carbocycles. The molecule has 2 aliphatic heterocycles. The van der Waals surface area contributed by atoms with Gasteiger partial charge in [-0.15, -0.1) is 0 Å². The van der Waals surface area contributed by atoms with Crippen LogP contribution in [0.15, 0.2) is 18.2 Å². The molecule has 2 fully saturated rings. The lowest BCUT2D eigenvalue weighted by Gasteiger charge is -2.29. The van der Waals surface area contributed by atoms with E-state index in [2.05, 4.69) is 35.3 Å². The fourth-order valence-corrected chi connectivity index (χ4v) is 3.75. The quantitative estimate of drug-likeness (QED) is 0.592. The number of fused-ring (bicyclic) bond motifs is 1. The van der Waals surface area contributed by atoms with E-state index in [4.69, 9.17) is 9.47 Å². The number of amides is 1. The monoisotopic (exact) mass is 362 g/mol. The third-order valence-electron chi connectivity index (χ3n) is 5.53. The van der Waals surface area contributed by atoms with Crippen LogP contribution in [-0.4, -0.2) is 51.8 Å². The molecule has 26 heavy (non-hydrogen) atoms. The summed E-state index contributed by atoms with van der Waals surface area (Å²) in [4.78, 5) is 12.7. The first kappa shape index (κ1) is 18.9. The molecule has 1 aromatic rings. The number of ether oxygens (including phenoxy) is 2. The van der Waals surface area contributed by atoms with Crippen LogP contribution in [0, 0.1) is 5.92 Å². The molecule has 0 radical (unpaired) electrons. The van der Waals surface area contributed by atoms with Crippen molar-refractivity contribution in [3.63, 3.8) is 0 Å². The maximum absolute atomic E-state index is 12.7. The smallest absolute Gasteiger partial charge is 0.238 e. The Bertz CT molecular complexity index is 650. The lowest BCUT2D eigenvalue weighted by atomic mass is 9.84. The van der Waals surface area contributed by atoms with Gasteiger partial charge in [0.2, 0.25) is 5.91 Å². The van der Waals surface area contributed by atoms with E-state index in [-0.39, 0.29) is 23.3 Å². The van der Waals surface area contributed by atoms with Crippen LogP contribution >= 0.6 is 0 Å². The van der Waals surface area contributed by atoms with Crippen molar-refractivity contribution in [3.05, 3.63) is 23.8 Å². The fraction of sp³-hybridized carbons (Fsp3) is 0.632. The maximum Gasteiger partial charge on any atom is 0.238 e. The van der Waals surface area contributed by atoms with Gasteiger partial charge in [0.25, 0.3) is 0 Å². The van der Waals surface area contributed by atoms with E-state index in [1.807, 2.05) is 18.2 Å². The summed E-state index contributed by atoms with van der Waals surface area (Å²) in [5.74, 6) is 1.73. The first-order chi connectivity index (χ1) is 12.5. The molecule has 2 heterocycles. The number of nitrogens with one attached hydrogen (secondary N) is 4. The fourth-order valence-electron chi connectivity index (χ4n) is 3.75. The zero-order chi connectivity index (χ0) is 18.7. The highest BCUT2D eigenvalue weighted by molar-refractivity contribution is 5.82. The van der Waals surface area contributed by atoms with Gasteiger partial charge in [-0.2, -0.15) is 0 Å². The molecule has 3 atom stereocenters. The van der Waals surface area contributed by atoms with E-state index >= 15 is 0 Å². The van der Waals surface area contributed by atoms with Crippen molar-refractivity contribution in [3.8, 4) is 11.5 Å². The Morgan fingerprint density at radius 3 is 2.73 bits per heavy atom. The van der Waals surface area contributed by atoms with Crippen molar-refractivity contribution in [2.24, 2.45) is 5.92 Å². The molecule has 1 aromatic carbocycles. The first-order valence-corrected chi connectivity index (χ1v) is 9.18. The number of rotatable bonds is 6. The summed E-state index contributed by atoms with van der Waals surface area (Å²) in [6.07, 6.45) is 1.04. The van der Waals surface area contributed by atoms with Gasteiger partial charge in [-0.1, -0.05) is 19.9 Å². The lowest BCUT2D eigenvalue weighted by Crippen LogP contribution is -2.51. The number of hydrogen-bond donors (Lipinski definition) is 4. The molecule has 1 amide bonds. The summed E-state index contributed by atoms with van der Waals surface area (Å²) >= 11 is 0. The van der Waals surface area contributed by atoms with Gasteiger partial charge in [-0.25, -0.2) is 5.43 Å². The van der Waals surface area contributed by atoms with Crippen molar-refractivity contribution >= 4 is 5.91 Å². The van der Waals surface area contributed by atoms with E-state index < -0.39 is 0 Å². The van der Waals surface area contributed by atoms with E-state index in [0.29, 0.717) is 24.1 Å². The van der Waals surface area contributed by atoms with Gasteiger partial charge in [-0.05, 0) is 30.7 Å². The third-order valence-corrected chi connectivity index (χ3v) is 5.53. The Balaban J connectivity index is 1.63. The zero-order valence-electron chi connectivity index (χ0n) is 16.0. The lowest BCUT2D eigenvalue weighted by molar-refractivity contribution is -0.124. The van der Waals surface area contributed by atoms with Gasteiger partial charge in [0, 0.05) is 30.5 Å². The van der Waals surface area contributed by atoms with Crippen LogP contribution in [0.1, 0.15) is 25.8 Å². The van der Waals surface area contributed by atoms with Crippen molar-refractivity contribution in [1.82, 2.24) is 21.5 Å². The number of piperidine rings is 1. The number of hydrogen-bond acceptors (Lipinski definition) is 6. The van der Waals surface area contributed by atoms with Gasteiger partial charge in [0.15, 0.2) is 11.5 Å². The van der Waals surface area contributed by atoms with Crippen LogP contribution in [-0.2, 0) is 10.2 Å². The van der Waals surface area contributed by atoms with Gasteiger partial charge in [0.05, 0.1) is 14.2 Å². The molecule has 0 aromatic heterocycles. The number of carbonyl (C=O) groups excluding carboxylic acids is 1. The topological polar surface area (TPSA) is 83.7 Å². The van der Waals surface area contributed by atoms with Crippen molar-refractivity contribution < 1.29 is 14.3 Å². The maximum atomic E-state index is 12.7. The SMILES string of the molecule is COc1ccc(C(C)(C)CNC(=O)C2NNC3CCNCC32)cc1OC. The van der Waals surface area contributed by atoms with Gasteiger partial charge in [0.1, 0.15) is 6.04 Å². The molecule has 3 unspecified atom stereocenters. The summed E-state index contributed by atoms with van der Waals surface area (Å²) in [5.41, 5.74) is 7.29. The molecule has 144 valence electrons. The number of methoxy groups -OCH3 is 2. The molecule has 2 aliphatic rings. The van der Waals surface area contributed by atoms with Crippen LogP contribution in [0.2, 0.25) is 0 Å². The summed E-state index contributed by atoms with van der Waals surface area (Å²) in [5, 5.41) is 6.50. The summed E-state index contributed by atoms with van der Waals surface area (Å²) < 4.78 is 10.7. The molecule has 7 heteroatoms. The Hall–Kier alpha value is -1.83. The molecule has 2 saturated heterocycles. The molecule has 0 spiro atoms. The highest BCUT2D eigenvalue weighted by Gasteiger charge is 2.41. The number of hydrazine groups is 1. The van der Waals surface area contributed by atoms with Crippen LogP contribution in [0.3, 0.4) is 0 Å². The average molecular weight is 362 g/mol. The van der Waals surface area contributed by atoms with Crippen molar-refractivity contribution in [1.29, 1.82) is 0 Å². The van der Waals surface area contributed by atoms with Gasteiger partial charge in [-0.3, -0.25) is 10.2 Å². The molecule has 0 bridgehead atoms. The van der Waals surface area contributed by atoms with Crippen molar-refractivity contribution in [2.75, 3.05) is 33.9 Å². The Morgan fingerprint density at radius 2 is 2.00 bits per heavy atom. The standard InChI is InChI=1S/C19H30N4O3/c1-19(2,12-5-6-15(25-3)16(9-12)26-4)11-21-18(24)17-13-10-20-8-7-14(13)22-23-17/h5-6,9,13-14,17,20,22-23H,7-8,10-11H2,1-4H3,(H,21,24). The minimum absolute atomic E-state index is 0.0438. The third kappa shape index (κ3) is 3.79. The second-order valence-corrected chi connectivity index (χ2v) is 7.70. The van der Waals surface area contributed by atoms with Gasteiger partial charge < -0.3 is 20.1 Å². The minimum atomic E-state index is -0.231. The summed E-state index contributed by atoms with van der Waals surface area (Å²) in [6, 6.07) is 6.06. The molecule has 4 N–H and O–H groups in total. The largest absolute Gasteiger partial charge is 0.493 e. The van der Waals surface area contributed by atoms with Crippen LogP contribution in [0.4, 0.5) is 0 Å². The summed E-state index contributed by atoms with van der Waals surface area (Å²) in [7, 11) is 3.25. The first-order valence-electron chi connectivity index (χ1n) is 9.18. The second-order valence-electron chi connectivity index (χ2n) is 7.70. The zero-order valence-corrected chi connectivity index (χ0v) is 16.0. The Morgan fingerprint density at radius 1 is 1.23 bits per heavy atom. The normalized spacial score (nSPS) is 25.5. The molecular weight excluding hydrogens is 332 g/mol. The van der Waals surface area contributed by atoms with Crippen LogP contribution in [0.5, 0.6) is 11.5 Å². The van der Waals surface area contributed by atoms with Crippen LogP contribution in [0.25, 0.3) is 0 Å². The number of carbonyl (C=O) groups is 1. The van der Waals surface area contributed by atoms with Crippen molar-refractivity contribution in [2.45, 2.75) is 37.8 Å². The summed E-state index contributed by atoms with van der Waals surface area (Å²) in [6.45, 7) is 6.63. The molecule has 0 aliphatic carbocycles. The predicted octanol–water partition coefficient (Wildman–Crippen LogP) is 0.552. The highest BCUT2D eigenvalue weighted by Crippen LogP contribution is 2.33. The van der Waals surface area contributed by atoms with E-state index in [1.165, 1.54) is 0 Å². The molecule has 7 nitrogen and oxygen atoms in total. The van der Waals surface area contributed by atoms with E-state index in [1.54, 1.807) is 14.2 Å². The Kier molecular flexibility index (Phi) is 5.70. The minimum Gasteiger partial charge on any atom is -0.493 e. The van der Waals surface area contributed by atoms with E-state index in [0.717, 1.165) is 25.1 Å². The number of benzene rings is 1. The average Bonchev–Trinajstić information content (AvgIpc) is 3.09.